The summed E-state index contributed by atoms with van der Waals surface area (Å²) < 4.78 is 23.9. The number of amides is 14. The Kier molecular flexibility index (Phi) is 49.4. The monoisotopic (exact) mass is 1930 g/mol. The number of rotatable bonds is 55. The number of carbonyl (C=O) groups is 15. The van der Waals surface area contributed by atoms with E-state index in [1.807, 2.05) is 120 Å². The fourth-order valence-corrected chi connectivity index (χ4v) is 20.7. The summed E-state index contributed by atoms with van der Waals surface area (Å²) in [6.45, 7) is 29.5. The molecule has 14 amide bonds. The Bertz CT molecular complexity index is 4190. The number of likely N-dealkylation sites (tertiary alicyclic amines) is 4. The van der Waals surface area contributed by atoms with Gasteiger partial charge in [0.2, 0.25) is 82.7 Å². The summed E-state index contributed by atoms with van der Waals surface area (Å²) in [5, 5.41) is 31.8. The van der Waals surface area contributed by atoms with Crippen molar-refractivity contribution in [3.63, 3.8) is 0 Å². The van der Waals surface area contributed by atoms with Gasteiger partial charge >= 0.3 is 5.97 Å². The van der Waals surface area contributed by atoms with Crippen LogP contribution in [0.4, 0.5) is 0 Å². The first-order chi connectivity index (χ1) is 63.8. The minimum atomic E-state index is -1.16. The molecule has 4 aliphatic rings. The average molecular weight is 1930 g/mol. The SMILES string of the molecule is CC[C@H](C)[C@@H]([C@@H](CC(=O)N1CCC[C@H]1[C@H](OC)[C@@H](C)C(=O)N[C@@H](Cc1ccccc1)C(=O)O)OC)N(C)C(=O)[C@@H](NC(=O)[C@H](C(C)C)N(C)C(=O)CCCCCN1C(=O)CC(SC)C1=O)C(C)C.CC[C@H](C)[C@@H]([C@@H](CC(=O)N1CCC[C@H]1[C@H](OC)[C@@H](C)C(=O)N[C@H](C)[C@@H](O)c1ccccc1)OC)N(C)C(=O)[C@@H](NC(=O)[C@H](C(C)C)N(C)C(=O)CCCCCN1C(=O)CC(SC)C1=O)C(C)C. The van der Waals surface area contributed by atoms with Gasteiger partial charge in [-0.3, -0.25) is 76.9 Å². The molecule has 0 aromatic heterocycles. The average Bonchev–Trinajstić information content (AvgIpc) is 1.30. The third-order valence-electron chi connectivity index (χ3n) is 27.8. The van der Waals surface area contributed by atoms with E-state index >= 15 is 0 Å². The van der Waals surface area contributed by atoms with E-state index in [0.29, 0.717) is 102 Å². The number of carbonyl (C=O) groups excluding carboxylic acids is 14. The van der Waals surface area contributed by atoms with Crippen molar-refractivity contribution in [3.8, 4) is 0 Å². The van der Waals surface area contributed by atoms with Gasteiger partial charge in [0.05, 0.1) is 95.9 Å². The van der Waals surface area contributed by atoms with Crippen molar-refractivity contribution in [1.29, 1.82) is 0 Å². The number of nitrogens with zero attached hydrogens (tertiary/aromatic N) is 8. The zero-order valence-electron chi connectivity index (χ0n) is 85.0. The smallest absolute Gasteiger partial charge is 0.326 e. The number of carboxylic acid groups (broad SMARTS) is 1. The lowest BCUT2D eigenvalue weighted by atomic mass is 9.89. The number of hydrogen-bond acceptors (Lipinski definition) is 22. The first-order valence-corrected chi connectivity index (χ1v) is 51.1. The van der Waals surface area contributed by atoms with Crippen LogP contribution in [0.2, 0.25) is 0 Å². The number of aliphatic hydroxyl groups is 1. The van der Waals surface area contributed by atoms with E-state index in [4.69, 9.17) is 18.9 Å². The van der Waals surface area contributed by atoms with Crippen molar-refractivity contribution in [2.45, 2.75) is 327 Å². The van der Waals surface area contributed by atoms with Crippen LogP contribution in [0.25, 0.3) is 0 Å². The number of thioether (sulfide) groups is 2. The fourth-order valence-electron chi connectivity index (χ4n) is 19.4. The van der Waals surface area contributed by atoms with Crippen LogP contribution in [0.1, 0.15) is 237 Å². The maximum atomic E-state index is 14.6. The molecule has 0 spiro atoms. The molecule has 21 atom stereocenters. The summed E-state index contributed by atoms with van der Waals surface area (Å²) in [6.07, 6.45) is 8.05. The Morgan fingerprint density at radius 1 is 0.474 bits per heavy atom. The van der Waals surface area contributed by atoms with Crippen molar-refractivity contribution in [3.05, 3.63) is 71.8 Å². The number of benzene rings is 2. The molecule has 6 N–H and O–H groups in total. The van der Waals surface area contributed by atoms with Crippen LogP contribution in [0.15, 0.2) is 60.7 Å². The maximum absolute atomic E-state index is 14.6. The lowest BCUT2D eigenvalue weighted by molar-refractivity contribution is -0.149. The first-order valence-electron chi connectivity index (χ1n) is 48.5. The van der Waals surface area contributed by atoms with Gasteiger partial charge in [0.1, 0.15) is 30.2 Å². The number of ether oxygens (including phenoxy) is 4. The second kappa shape index (κ2) is 57.1. The van der Waals surface area contributed by atoms with E-state index in [-0.39, 0.29) is 156 Å². The summed E-state index contributed by atoms with van der Waals surface area (Å²) in [5.41, 5.74) is 1.45. The van der Waals surface area contributed by atoms with Gasteiger partial charge in [0, 0.05) is 115 Å². The van der Waals surface area contributed by atoms with Crippen LogP contribution in [-0.4, -0.2) is 329 Å². The van der Waals surface area contributed by atoms with Crippen molar-refractivity contribution in [2.75, 3.05) is 95.3 Å². The van der Waals surface area contributed by atoms with Crippen LogP contribution in [0.3, 0.4) is 0 Å². The molecule has 6 rings (SSSR count). The minimum Gasteiger partial charge on any atom is -0.480 e. The van der Waals surface area contributed by atoms with Gasteiger partial charge in [0.25, 0.3) is 0 Å². The van der Waals surface area contributed by atoms with Crippen molar-refractivity contribution >= 4 is 112 Å². The second-order valence-electron chi connectivity index (χ2n) is 38.5. The van der Waals surface area contributed by atoms with E-state index in [1.165, 1.54) is 71.6 Å². The van der Waals surface area contributed by atoms with Crippen LogP contribution < -0.4 is 21.3 Å². The summed E-state index contributed by atoms with van der Waals surface area (Å²) in [4.78, 5) is 214. The van der Waals surface area contributed by atoms with Gasteiger partial charge < -0.3 is 79.8 Å². The zero-order chi connectivity index (χ0) is 101. The number of aliphatic hydroxyl groups excluding tert-OH is 1. The van der Waals surface area contributed by atoms with E-state index < -0.39 is 126 Å². The van der Waals surface area contributed by atoms with E-state index in [0.717, 1.165) is 12.0 Å². The van der Waals surface area contributed by atoms with Gasteiger partial charge in [-0.05, 0) is 117 Å². The summed E-state index contributed by atoms with van der Waals surface area (Å²) in [5.74, 6) is -8.02. The maximum Gasteiger partial charge on any atom is 0.326 e. The molecule has 135 heavy (non-hydrogen) atoms. The molecule has 2 aromatic rings. The number of unbranched alkanes of at least 4 members (excludes halogenated alkanes) is 4. The molecule has 0 saturated carbocycles. The van der Waals surface area contributed by atoms with E-state index in [9.17, 15) is 82.1 Å². The highest BCUT2D eigenvalue weighted by molar-refractivity contribution is 8.00. The highest BCUT2D eigenvalue weighted by atomic mass is 32.2. The molecular formula is C100H162N12O21S2. The number of hydrogen-bond donors (Lipinski definition) is 6. The predicted molar refractivity (Wildman–Crippen MR) is 522 cm³/mol. The predicted octanol–water partition coefficient (Wildman–Crippen LogP) is 9.21. The Balaban J connectivity index is 0.000000477. The highest BCUT2D eigenvalue weighted by Crippen LogP contribution is 2.35. The Morgan fingerprint density at radius 2 is 0.844 bits per heavy atom. The number of likely N-dealkylation sites (N-methyl/N-ethyl adjacent to an activating group) is 4. The normalized spacial score (nSPS) is 20.1. The molecule has 2 aromatic carbocycles. The van der Waals surface area contributed by atoms with E-state index in [1.54, 1.807) is 105 Å². The Hall–Kier alpha value is -8.61. The molecule has 35 heteroatoms. The summed E-state index contributed by atoms with van der Waals surface area (Å²) >= 11 is 2.75. The molecule has 2 unspecified atom stereocenters. The van der Waals surface area contributed by atoms with Gasteiger partial charge in [-0.2, -0.15) is 23.5 Å². The summed E-state index contributed by atoms with van der Waals surface area (Å²) in [7, 11) is 12.6. The van der Waals surface area contributed by atoms with Crippen molar-refractivity contribution < 1.29 is 101 Å². The molecular weight excluding hydrogens is 1770 g/mol. The van der Waals surface area contributed by atoms with Crippen LogP contribution >= 0.6 is 23.5 Å². The van der Waals surface area contributed by atoms with E-state index in [2.05, 4.69) is 21.3 Å². The Labute approximate surface area is 811 Å². The minimum absolute atomic E-state index is 0.0367. The molecule has 760 valence electrons. The molecule has 4 saturated heterocycles. The lowest BCUT2D eigenvalue weighted by Crippen LogP contribution is -2.60. The number of nitrogens with one attached hydrogen (secondary N) is 4. The number of imide groups is 2. The highest BCUT2D eigenvalue weighted by Gasteiger charge is 2.48. The second-order valence-corrected chi connectivity index (χ2v) is 40.6. The molecule has 0 radical (unpaired) electrons. The third-order valence-corrected chi connectivity index (χ3v) is 29.7. The number of carboxylic acids is 1. The lowest BCUT2D eigenvalue weighted by Gasteiger charge is -2.41. The van der Waals surface area contributed by atoms with Crippen molar-refractivity contribution in [2.24, 2.45) is 47.3 Å². The Morgan fingerprint density at radius 3 is 1.17 bits per heavy atom. The summed E-state index contributed by atoms with van der Waals surface area (Å²) in [6, 6.07) is 10.8. The topological polar surface area (TPSA) is 407 Å². The van der Waals surface area contributed by atoms with Gasteiger partial charge in [-0.1, -0.05) is 183 Å². The third kappa shape index (κ3) is 32.2. The van der Waals surface area contributed by atoms with Crippen LogP contribution in [0, 0.1) is 47.3 Å². The van der Waals surface area contributed by atoms with Crippen LogP contribution in [-0.2, 0) is 97.3 Å². The molecule has 33 nitrogen and oxygen atoms in total. The standard InChI is InChI=1S/C50H80N6O11S.C50H82N6O10S/c1-13-32(6)44(37(66-10)28-40(58)55-26-20-23-36(55)45(67-11)33(7)46(60)51-35(50(64)65)27-34-21-16-14-17-22-34)54(9)49(63)42(30(2)3)52-47(61)43(31(4)5)53(8)39(57)24-18-15-19-25-56-41(59)29-38(68-12)48(56)62;1-14-32(6)44(37(65-11)28-40(58)55-27-21-24-36(55)46(66-12)33(7)47(61)51-34(8)45(60)35-22-17-15-18-23-35)54(10)50(64)42(30(2)3)52-48(62)43(31(4)5)53(9)39(57)25-19-16-20-26-56-41(59)29-38(67-13)49(56)63/h14,16-17,21-22,30-33,35-38,42-45H,13,15,18-20,23-29H2,1-12H3,(H,51,60)(H,52,61)(H,64,65);15,17-18,22-23,30-34,36-38,42-46,60H,14,16,19-21,24-29H2,1-13H3,(H,51,61)(H,52,62)/t32-,33+,35-,36-,37+,38?,42-,43-,44-,45+;32-,33+,34+,36-,37+,38?,42-,43-,44-,45+,46+/m00/s1. The molecule has 4 fully saturated rings. The molecule has 4 aliphatic heterocycles. The van der Waals surface area contributed by atoms with Crippen molar-refractivity contribution in [1.82, 2.24) is 60.5 Å². The van der Waals surface area contributed by atoms with Gasteiger partial charge in [-0.15, -0.1) is 0 Å². The molecule has 4 heterocycles. The molecule has 0 bridgehead atoms. The number of methoxy groups -OCH3 is 4. The molecule has 0 aliphatic carbocycles. The number of aliphatic carboxylic acids is 1. The zero-order valence-corrected chi connectivity index (χ0v) is 86.6. The van der Waals surface area contributed by atoms with Gasteiger partial charge in [0.15, 0.2) is 0 Å². The van der Waals surface area contributed by atoms with Crippen LogP contribution in [0.5, 0.6) is 0 Å². The van der Waals surface area contributed by atoms with Gasteiger partial charge in [-0.25, -0.2) is 4.79 Å². The largest absolute Gasteiger partial charge is 0.480 e. The quantitative estimate of drug-likeness (QED) is 0.0265. The fraction of sp³-hybridized carbons (Fsp3) is 0.730. The first kappa shape index (κ1) is 117.